The molecule has 0 aliphatic rings. The van der Waals surface area contributed by atoms with Gasteiger partial charge in [-0.1, -0.05) is 28.1 Å². The van der Waals surface area contributed by atoms with Gasteiger partial charge >= 0.3 is 5.97 Å². The largest absolute Gasteiger partial charge is 0.478 e. The summed E-state index contributed by atoms with van der Waals surface area (Å²) in [5.41, 5.74) is 1.81. The second kappa shape index (κ2) is 6.37. The number of rotatable bonds is 4. The van der Waals surface area contributed by atoms with Crippen LogP contribution in [0.1, 0.15) is 27.4 Å². The normalized spacial score (nSPS) is 10.6. The zero-order valence-corrected chi connectivity index (χ0v) is 13.5. The molecule has 0 aliphatic heterocycles. The molecule has 0 aliphatic carbocycles. The zero-order valence-electron chi connectivity index (χ0n) is 11.1. The predicted molar refractivity (Wildman–Crippen MR) is 82.2 cm³/mol. The maximum atomic E-state index is 11.3. The fourth-order valence-corrected chi connectivity index (χ4v) is 3.10. The van der Waals surface area contributed by atoms with E-state index in [1.807, 2.05) is 24.3 Å². The van der Waals surface area contributed by atoms with Crippen molar-refractivity contribution in [1.82, 2.24) is 9.97 Å². The van der Waals surface area contributed by atoms with Gasteiger partial charge in [0, 0.05) is 10.2 Å². The summed E-state index contributed by atoms with van der Waals surface area (Å²) in [7, 11) is 0. The molecule has 104 valence electrons. The van der Waals surface area contributed by atoms with E-state index in [2.05, 4.69) is 25.9 Å². The van der Waals surface area contributed by atoms with Crippen LogP contribution in [0.15, 0.2) is 33.8 Å². The van der Waals surface area contributed by atoms with Crippen molar-refractivity contribution in [3.8, 4) is 0 Å². The van der Waals surface area contributed by atoms with Crippen LogP contribution in [0.4, 0.5) is 0 Å². The van der Waals surface area contributed by atoms with Gasteiger partial charge in [0.2, 0.25) is 0 Å². The summed E-state index contributed by atoms with van der Waals surface area (Å²) in [6, 6.07) is 7.92. The molecule has 0 spiro atoms. The molecule has 0 saturated heterocycles. The molecule has 1 heterocycles. The Morgan fingerprint density at radius 3 is 2.50 bits per heavy atom. The van der Waals surface area contributed by atoms with Crippen LogP contribution in [0, 0.1) is 13.8 Å². The van der Waals surface area contributed by atoms with Crippen molar-refractivity contribution in [2.45, 2.75) is 24.6 Å². The van der Waals surface area contributed by atoms with E-state index in [-0.39, 0.29) is 5.56 Å². The molecule has 6 heteroatoms. The van der Waals surface area contributed by atoms with E-state index in [0.29, 0.717) is 22.3 Å². The molecular weight excluding hydrogens is 340 g/mol. The van der Waals surface area contributed by atoms with Gasteiger partial charge in [-0.3, -0.25) is 0 Å². The van der Waals surface area contributed by atoms with Crippen LogP contribution in [0.3, 0.4) is 0 Å². The summed E-state index contributed by atoms with van der Waals surface area (Å²) in [6.45, 7) is 3.46. The second-order valence-corrected chi connectivity index (χ2v) is 6.14. The smallest absolute Gasteiger partial charge is 0.340 e. The van der Waals surface area contributed by atoms with Crippen molar-refractivity contribution in [3.63, 3.8) is 0 Å². The second-order valence-electron chi connectivity index (χ2n) is 4.26. The number of carboxylic acids is 1. The first-order valence-electron chi connectivity index (χ1n) is 5.93. The lowest BCUT2D eigenvalue weighted by Crippen LogP contribution is -2.08. The maximum Gasteiger partial charge on any atom is 0.340 e. The molecule has 0 radical (unpaired) electrons. The highest BCUT2D eigenvalue weighted by Crippen LogP contribution is 2.26. The van der Waals surface area contributed by atoms with Crippen LogP contribution in [-0.2, 0) is 5.75 Å². The quantitative estimate of drug-likeness (QED) is 0.668. The first-order valence-corrected chi connectivity index (χ1v) is 7.71. The van der Waals surface area contributed by atoms with Gasteiger partial charge in [0.1, 0.15) is 16.4 Å². The van der Waals surface area contributed by atoms with E-state index >= 15 is 0 Å². The number of aromatic carboxylic acids is 1. The molecule has 2 aromatic rings. The molecule has 4 nitrogen and oxygen atoms in total. The van der Waals surface area contributed by atoms with Crippen molar-refractivity contribution in [2.75, 3.05) is 0 Å². The summed E-state index contributed by atoms with van der Waals surface area (Å²) in [4.78, 5) is 19.7. The first kappa shape index (κ1) is 15.0. The standard InChI is InChI=1S/C14H13BrN2O2S/c1-8-12(14(18)19)13(17-9(2)16-8)20-7-10-3-5-11(15)6-4-10/h3-6H,7H2,1-2H3,(H,18,19). The van der Waals surface area contributed by atoms with E-state index in [1.54, 1.807) is 13.8 Å². The number of aryl methyl sites for hydroxylation is 2. The Morgan fingerprint density at radius 2 is 1.90 bits per heavy atom. The number of hydrogen-bond donors (Lipinski definition) is 1. The Labute approximate surface area is 129 Å². The van der Waals surface area contributed by atoms with Gasteiger partial charge in [-0.2, -0.15) is 0 Å². The number of aromatic nitrogens is 2. The molecule has 2 rings (SSSR count). The fraction of sp³-hybridized carbons (Fsp3) is 0.214. The molecule has 1 aromatic heterocycles. The lowest BCUT2D eigenvalue weighted by atomic mass is 10.2. The van der Waals surface area contributed by atoms with Crippen LogP contribution < -0.4 is 0 Å². The number of halogens is 1. The average Bonchev–Trinajstić information content (AvgIpc) is 2.36. The summed E-state index contributed by atoms with van der Waals surface area (Å²) in [5.74, 6) is 0.273. The molecule has 0 unspecified atom stereocenters. The zero-order chi connectivity index (χ0) is 14.7. The number of carboxylic acid groups (broad SMARTS) is 1. The molecular formula is C14H13BrN2O2S. The molecule has 0 fully saturated rings. The first-order chi connectivity index (χ1) is 9.47. The maximum absolute atomic E-state index is 11.3. The molecule has 1 aromatic carbocycles. The molecule has 0 amide bonds. The minimum atomic E-state index is -0.985. The summed E-state index contributed by atoms with van der Waals surface area (Å²) >= 11 is 4.80. The number of nitrogens with zero attached hydrogens (tertiary/aromatic N) is 2. The molecule has 0 atom stereocenters. The number of thioether (sulfide) groups is 1. The highest BCUT2D eigenvalue weighted by atomic mass is 79.9. The highest BCUT2D eigenvalue weighted by Gasteiger charge is 2.17. The van der Waals surface area contributed by atoms with Gasteiger partial charge in [0.25, 0.3) is 0 Å². The average molecular weight is 353 g/mol. The Balaban J connectivity index is 2.24. The van der Waals surface area contributed by atoms with Crippen molar-refractivity contribution < 1.29 is 9.90 Å². The van der Waals surface area contributed by atoms with Crippen LogP contribution >= 0.6 is 27.7 Å². The molecule has 0 saturated carbocycles. The molecule has 1 N–H and O–H groups in total. The third-order valence-electron chi connectivity index (χ3n) is 2.67. The van der Waals surface area contributed by atoms with E-state index in [9.17, 15) is 9.90 Å². The van der Waals surface area contributed by atoms with Gasteiger partial charge in [-0.25, -0.2) is 14.8 Å². The summed E-state index contributed by atoms with van der Waals surface area (Å²) in [5, 5.41) is 9.79. The van der Waals surface area contributed by atoms with Gasteiger partial charge in [-0.15, -0.1) is 11.8 Å². The SMILES string of the molecule is Cc1nc(C)c(C(=O)O)c(SCc2ccc(Br)cc2)n1. The van der Waals surface area contributed by atoms with E-state index in [1.165, 1.54) is 11.8 Å². The Morgan fingerprint density at radius 1 is 1.25 bits per heavy atom. The lowest BCUT2D eigenvalue weighted by molar-refractivity contribution is 0.0690. The van der Waals surface area contributed by atoms with Crippen molar-refractivity contribution in [1.29, 1.82) is 0 Å². The van der Waals surface area contributed by atoms with Crippen LogP contribution in [0.25, 0.3) is 0 Å². The van der Waals surface area contributed by atoms with Crippen molar-refractivity contribution >= 4 is 33.7 Å². The number of carbonyl (C=O) groups is 1. The van der Waals surface area contributed by atoms with Crippen molar-refractivity contribution in [2.24, 2.45) is 0 Å². The minimum Gasteiger partial charge on any atom is -0.478 e. The van der Waals surface area contributed by atoms with Crippen molar-refractivity contribution in [3.05, 3.63) is 51.4 Å². The fourth-order valence-electron chi connectivity index (χ4n) is 1.76. The molecule has 20 heavy (non-hydrogen) atoms. The topological polar surface area (TPSA) is 63.1 Å². The Kier molecular flexibility index (Phi) is 4.77. The minimum absolute atomic E-state index is 0.192. The van der Waals surface area contributed by atoms with E-state index < -0.39 is 5.97 Å². The summed E-state index contributed by atoms with van der Waals surface area (Å²) in [6.07, 6.45) is 0. The third-order valence-corrected chi connectivity index (χ3v) is 4.25. The van der Waals surface area contributed by atoms with E-state index in [4.69, 9.17) is 0 Å². The van der Waals surface area contributed by atoms with Crippen LogP contribution in [-0.4, -0.2) is 21.0 Å². The lowest BCUT2D eigenvalue weighted by Gasteiger charge is -2.08. The monoisotopic (exact) mass is 352 g/mol. The van der Waals surface area contributed by atoms with Gasteiger partial charge in [0.15, 0.2) is 0 Å². The Hall–Kier alpha value is -1.40. The molecule has 0 bridgehead atoms. The van der Waals surface area contributed by atoms with Gasteiger partial charge in [-0.05, 0) is 31.5 Å². The number of benzene rings is 1. The third kappa shape index (κ3) is 3.58. The van der Waals surface area contributed by atoms with Crippen LogP contribution in [0.2, 0.25) is 0 Å². The Bertz CT molecular complexity index is 644. The van der Waals surface area contributed by atoms with E-state index in [0.717, 1.165) is 10.0 Å². The number of hydrogen-bond acceptors (Lipinski definition) is 4. The van der Waals surface area contributed by atoms with Gasteiger partial charge in [0.05, 0.1) is 5.69 Å². The van der Waals surface area contributed by atoms with Crippen LogP contribution in [0.5, 0.6) is 0 Å². The summed E-state index contributed by atoms with van der Waals surface area (Å²) < 4.78 is 1.02. The van der Waals surface area contributed by atoms with Gasteiger partial charge < -0.3 is 5.11 Å². The predicted octanol–water partition coefficient (Wildman–Crippen LogP) is 3.85. The highest BCUT2D eigenvalue weighted by molar-refractivity contribution is 9.10.